The fourth-order valence-corrected chi connectivity index (χ4v) is 3.65. The Balaban J connectivity index is 1.94. The Hall–Kier alpha value is 0.0600. The Labute approximate surface area is 115 Å². The molecule has 5 heteroatoms. The molecular weight excluding hydrogens is 300 g/mol. The van der Waals surface area contributed by atoms with Crippen LogP contribution in [0.4, 0.5) is 0 Å². The Morgan fingerprint density at radius 1 is 1.71 bits per heavy atom. The lowest BCUT2D eigenvalue weighted by atomic mass is 10.1. The maximum absolute atomic E-state index is 5.89. The van der Waals surface area contributed by atoms with Crippen molar-refractivity contribution >= 4 is 27.3 Å². The van der Waals surface area contributed by atoms with Crippen LogP contribution in [0.5, 0.6) is 0 Å². The van der Waals surface area contributed by atoms with Gasteiger partial charge in [0.05, 0.1) is 12.7 Å². The fraction of sp³-hybridized carbons (Fsp3) is 0.667. The van der Waals surface area contributed by atoms with Crippen LogP contribution in [-0.2, 0) is 11.3 Å². The van der Waals surface area contributed by atoms with Crippen molar-refractivity contribution in [1.82, 2.24) is 4.90 Å². The van der Waals surface area contributed by atoms with Crippen LogP contribution in [-0.4, -0.2) is 36.7 Å². The van der Waals surface area contributed by atoms with E-state index in [4.69, 9.17) is 10.5 Å². The van der Waals surface area contributed by atoms with Crippen molar-refractivity contribution in [1.29, 1.82) is 0 Å². The molecule has 96 valence electrons. The third-order valence-electron chi connectivity index (χ3n) is 3.05. The summed E-state index contributed by atoms with van der Waals surface area (Å²) in [5, 5.41) is 0. The van der Waals surface area contributed by atoms with Crippen LogP contribution in [0.3, 0.4) is 0 Å². The van der Waals surface area contributed by atoms with Gasteiger partial charge in [0, 0.05) is 39.9 Å². The Morgan fingerprint density at radius 3 is 3.06 bits per heavy atom. The van der Waals surface area contributed by atoms with Crippen molar-refractivity contribution in [2.24, 2.45) is 5.73 Å². The molecule has 1 aliphatic rings. The maximum atomic E-state index is 5.89. The van der Waals surface area contributed by atoms with Gasteiger partial charge in [0.2, 0.25) is 0 Å². The molecule has 2 unspecified atom stereocenters. The number of hydrogen-bond donors (Lipinski definition) is 1. The summed E-state index contributed by atoms with van der Waals surface area (Å²) in [5.74, 6) is 0. The molecule has 1 aromatic rings. The highest BCUT2D eigenvalue weighted by Gasteiger charge is 2.23. The van der Waals surface area contributed by atoms with Gasteiger partial charge in [-0.05, 0) is 35.8 Å². The number of aryl methyl sites for hydroxylation is 1. The van der Waals surface area contributed by atoms with Crippen molar-refractivity contribution in [3.05, 3.63) is 20.3 Å². The largest absolute Gasteiger partial charge is 0.374 e. The number of thiophene rings is 1. The normalized spacial score (nSPS) is 23.9. The zero-order chi connectivity index (χ0) is 12.4. The van der Waals surface area contributed by atoms with Gasteiger partial charge in [0.1, 0.15) is 0 Å². The average Bonchev–Trinajstić information content (AvgIpc) is 2.58. The lowest BCUT2D eigenvalue weighted by Gasteiger charge is -2.34. The fourth-order valence-electron chi connectivity index (χ4n) is 2.01. The molecule has 2 N–H and O–H groups in total. The van der Waals surface area contributed by atoms with Crippen molar-refractivity contribution in [3.8, 4) is 0 Å². The summed E-state index contributed by atoms with van der Waals surface area (Å²) < 4.78 is 6.88. The molecule has 1 fully saturated rings. The van der Waals surface area contributed by atoms with Crippen LogP contribution < -0.4 is 5.73 Å². The van der Waals surface area contributed by atoms with Crippen LogP contribution in [0, 0.1) is 6.92 Å². The summed E-state index contributed by atoms with van der Waals surface area (Å²) in [6.45, 7) is 7.88. The Kier molecular flexibility index (Phi) is 4.60. The lowest BCUT2D eigenvalue weighted by Crippen LogP contribution is -2.49. The summed E-state index contributed by atoms with van der Waals surface area (Å²) in [6, 6.07) is 2.32. The summed E-state index contributed by atoms with van der Waals surface area (Å²) in [5.41, 5.74) is 5.89. The predicted octanol–water partition coefficient (Wildman–Crippen LogP) is 2.37. The topological polar surface area (TPSA) is 38.5 Å². The van der Waals surface area contributed by atoms with Crippen LogP contribution in [0.1, 0.15) is 16.7 Å². The highest BCUT2D eigenvalue weighted by molar-refractivity contribution is 9.10. The molecule has 17 heavy (non-hydrogen) atoms. The van der Waals surface area contributed by atoms with E-state index in [2.05, 4.69) is 33.8 Å². The highest BCUT2D eigenvalue weighted by atomic mass is 79.9. The third kappa shape index (κ3) is 3.51. The van der Waals surface area contributed by atoms with Crippen molar-refractivity contribution in [2.45, 2.75) is 32.5 Å². The van der Waals surface area contributed by atoms with E-state index >= 15 is 0 Å². The average molecular weight is 319 g/mol. The van der Waals surface area contributed by atoms with Crippen LogP contribution in [0.25, 0.3) is 0 Å². The lowest BCUT2D eigenvalue weighted by molar-refractivity contribution is -0.0400. The number of ether oxygens (including phenoxy) is 1. The molecule has 1 aliphatic heterocycles. The number of nitrogens with two attached hydrogens (primary N) is 1. The van der Waals surface area contributed by atoms with Crippen LogP contribution >= 0.6 is 27.3 Å². The van der Waals surface area contributed by atoms with E-state index in [1.807, 2.05) is 18.3 Å². The first kappa shape index (κ1) is 13.5. The SMILES string of the molecule is Cc1sc(CN2CCOC(C(C)N)C2)cc1Br. The van der Waals surface area contributed by atoms with E-state index in [1.165, 1.54) is 14.2 Å². The summed E-state index contributed by atoms with van der Waals surface area (Å²) in [4.78, 5) is 5.17. The molecule has 3 nitrogen and oxygen atoms in total. The number of hydrogen-bond acceptors (Lipinski definition) is 4. The van der Waals surface area contributed by atoms with E-state index in [-0.39, 0.29) is 12.1 Å². The zero-order valence-electron chi connectivity index (χ0n) is 10.3. The second-order valence-corrected chi connectivity index (χ2v) is 6.82. The van der Waals surface area contributed by atoms with E-state index in [1.54, 1.807) is 0 Å². The number of halogens is 1. The molecular formula is C12H19BrN2OS. The molecule has 0 amide bonds. The summed E-state index contributed by atoms with van der Waals surface area (Å²) >= 11 is 5.42. The van der Waals surface area contributed by atoms with E-state index < -0.39 is 0 Å². The molecule has 2 heterocycles. The van der Waals surface area contributed by atoms with Crippen LogP contribution in [0.15, 0.2) is 10.5 Å². The Bertz CT molecular complexity index is 361. The molecule has 0 radical (unpaired) electrons. The standard InChI is InChI=1S/C12H19BrN2OS/c1-8(14)12-7-15(3-4-16-12)6-10-5-11(13)9(2)17-10/h5,8,12H,3-4,6-7,14H2,1-2H3. The summed E-state index contributed by atoms with van der Waals surface area (Å²) in [7, 11) is 0. The molecule has 1 aromatic heterocycles. The third-order valence-corrected chi connectivity index (χ3v) is 5.17. The minimum Gasteiger partial charge on any atom is -0.374 e. The quantitative estimate of drug-likeness (QED) is 0.929. The number of morpholine rings is 1. The van der Waals surface area contributed by atoms with Gasteiger partial charge in [0.25, 0.3) is 0 Å². The Morgan fingerprint density at radius 2 is 2.47 bits per heavy atom. The van der Waals surface area contributed by atoms with E-state index in [9.17, 15) is 0 Å². The highest BCUT2D eigenvalue weighted by Crippen LogP contribution is 2.27. The molecule has 2 rings (SSSR count). The minimum atomic E-state index is 0.106. The van der Waals surface area contributed by atoms with Gasteiger partial charge in [-0.15, -0.1) is 11.3 Å². The number of rotatable bonds is 3. The zero-order valence-corrected chi connectivity index (χ0v) is 12.7. The molecule has 0 aromatic carbocycles. The molecule has 1 saturated heterocycles. The first-order valence-corrected chi connectivity index (χ1v) is 7.51. The van der Waals surface area contributed by atoms with Gasteiger partial charge in [0.15, 0.2) is 0 Å². The maximum Gasteiger partial charge on any atom is 0.0850 e. The summed E-state index contributed by atoms with van der Waals surface area (Å²) in [6.07, 6.45) is 0.174. The molecule has 2 atom stereocenters. The first-order chi connectivity index (χ1) is 8.06. The van der Waals surface area contributed by atoms with Gasteiger partial charge >= 0.3 is 0 Å². The van der Waals surface area contributed by atoms with Crippen molar-refractivity contribution < 1.29 is 4.74 Å². The van der Waals surface area contributed by atoms with E-state index in [0.29, 0.717) is 0 Å². The van der Waals surface area contributed by atoms with Crippen molar-refractivity contribution in [2.75, 3.05) is 19.7 Å². The van der Waals surface area contributed by atoms with Gasteiger partial charge in [-0.3, -0.25) is 4.90 Å². The minimum absolute atomic E-state index is 0.106. The van der Waals surface area contributed by atoms with Crippen LogP contribution in [0.2, 0.25) is 0 Å². The van der Waals surface area contributed by atoms with E-state index in [0.717, 1.165) is 26.2 Å². The number of nitrogens with zero attached hydrogens (tertiary/aromatic N) is 1. The first-order valence-electron chi connectivity index (χ1n) is 5.90. The monoisotopic (exact) mass is 318 g/mol. The molecule has 0 spiro atoms. The van der Waals surface area contributed by atoms with Gasteiger partial charge in [-0.2, -0.15) is 0 Å². The van der Waals surface area contributed by atoms with Gasteiger partial charge in [-0.1, -0.05) is 0 Å². The van der Waals surface area contributed by atoms with Gasteiger partial charge < -0.3 is 10.5 Å². The molecule has 0 aliphatic carbocycles. The van der Waals surface area contributed by atoms with Gasteiger partial charge in [-0.25, -0.2) is 0 Å². The molecule has 0 saturated carbocycles. The van der Waals surface area contributed by atoms with Crippen molar-refractivity contribution in [3.63, 3.8) is 0 Å². The second-order valence-electron chi connectivity index (χ2n) is 4.62. The second kappa shape index (κ2) is 5.80. The predicted molar refractivity (Wildman–Crippen MR) is 75.4 cm³/mol. The molecule has 0 bridgehead atoms. The smallest absolute Gasteiger partial charge is 0.0850 e.